The van der Waals surface area contributed by atoms with Crippen LogP contribution in [0.2, 0.25) is 0 Å². The monoisotopic (exact) mass is 910 g/mol. The molecule has 0 aromatic heterocycles. The van der Waals surface area contributed by atoms with Crippen LogP contribution in [-0.4, -0.2) is 109 Å². The molecular weight excluding hydrogens is 829 g/mol. The van der Waals surface area contributed by atoms with Gasteiger partial charge >= 0.3 is 28.7 Å². The molecule has 0 bridgehead atoms. The number of rotatable bonds is 17. The Morgan fingerprint density at radius 1 is 0.825 bits per heavy atom. The van der Waals surface area contributed by atoms with Gasteiger partial charge in [-0.1, -0.05) is 32.4 Å². The number of allylic oxidation sites excluding steroid dienone is 1. The summed E-state index contributed by atoms with van der Waals surface area (Å²) in [6.07, 6.45) is 9.70. The van der Waals surface area contributed by atoms with E-state index in [0.717, 1.165) is 38.5 Å². The minimum atomic E-state index is -4.50. The van der Waals surface area contributed by atoms with E-state index < -0.39 is 51.6 Å². The molecule has 4 rings (SSSR count). The van der Waals surface area contributed by atoms with Crippen LogP contribution in [-0.2, 0) is 28.8 Å². The van der Waals surface area contributed by atoms with E-state index in [9.17, 15) is 32.5 Å². The van der Waals surface area contributed by atoms with Crippen LogP contribution in [0.4, 0.5) is 14.4 Å². The van der Waals surface area contributed by atoms with Crippen molar-refractivity contribution in [3.05, 3.63) is 11.6 Å². The average molecular weight is 910 g/mol. The van der Waals surface area contributed by atoms with Crippen LogP contribution in [0, 0.1) is 40.4 Å². The van der Waals surface area contributed by atoms with Gasteiger partial charge in [-0.25, -0.2) is 18.6 Å². The van der Waals surface area contributed by atoms with Gasteiger partial charge < -0.3 is 39.4 Å². The number of unbranched alkanes of at least 4 members (excludes halogenated alkanes) is 1. The van der Waals surface area contributed by atoms with Crippen molar-refractivity contribution < 1.29 is 50.9 Å². The Hall–Kier alpha value is -3.11. The summed E-state index contributed by atoms with van der Waals surface area (Å²) in [4.78, 5) is 46.4. The largest absolute Gasteiger partial charge is 0.862 e. The Morgan fingerprint density at radius 3 is 1.94 bits per heavy atom. The Balaban J connectivity index is 1.31. The van der Waals surface area contributed by atoms with Gasteiger partial charge in [0.15, 0.2) is 0 Å². The predicted octanol–water partition coefficient (Wildman–Crippen LogP) is 8.71. The van der Waals surface area contributed by atoms with Crippen molar-refractivity contribution >= 4 is 34.6 Å². The molecule has 0 aromatic rings. The molecule has 3 amide bonds. The maximum absolute atomic E-state index is 13.7. The molecule has 0 aliphatic heterocycles. The number of nitrogens with one attached hydrogen (secondary N) is 1. The molecule has 16 heteroatoms. The third-order valence-corrected chi connectivity index (χ3v) is 14.4. The lowest BCUT2D eigenvalue weighted by atomic mass is 9.47. The molecule has 63 heavy (non-hydrogen) atoms. The van der Waals surface area contributed by atoms with E-state index in [1.54, 1.807) is 30.6 Å². The molecule has 3 fully saturated rings. The molecule has 4 aliphatic carbocycles. The normalized spacial score (nSPS) is 28.1. The van der Waals surface area contributed by atoms with Crippen molar-refractivity contribution in [3.8, 4) is 0 Å². The Labute approximate surface area is 378 Å². The summed E-state index contributed by atoms with van der Waals surface area (Å²) in [6, 6.07) is 0. The molecule has 4 aliphatic rings. The van der Waals surface area contributed by atoms with Crippen LogP contribution in [0.3, 0.4) is 0 Å². The number of aliphatic imine (C=N–C) groups is 1. The zero-order valence-electron chi connectivity index (χ0n) is 40.5. The lowest BCUT2D eigenvalue weighted by molar-refractivity contribution is -0.227. The highest BCUT2D eigenvalue weighted by Gasteiger charge is 2.59. The third-order valence-electron chi connectivity index (χ3n) is 13.9. The summed E-state index contributed by atoms with van der Waals surface area (Å²) in [6.45, 7) is 25.3. The van der Waals surface area contributed by atoms with Crippen LogP contribution in [0.15, 0.2) is 16.6 Å². The Bertz CT molecular complexity index is 1750. The number of fused-ring (bicyclic) bond motifs is 5. The number of hydrogen-bond donors (Lipinski definition) is 2. The van der Waals surface area contributed by atoms with Crippen LogP contribution < -0.4 is 10.4 Å². The van der Waals surface area contributed by atoms with Gasteiger partial charge in [0, 0.05) is 39.3 Å². The summed E-state index contributed by atoms with van der Waals surface area (Å²) >= 11 is 0. The highest BCUT2D eigenvalue weighted by molar-refractivity contribution is 7.80. The first-order chi connectivity index (χ1) is 29.0. The first-order valence-corrected chi connectivity index (χ1v) is 24.9. The zero-order chi connectivity index (χ0) is 47.2. The first kappa shape index (κ1) is 52.5. The zero-order valence-corrected chi connectivity index (χ0v) is 41.4. The maximum atomic E-state index is 13.7. The summed E-state index contributed by atoms with van der Waals surface area (Å²) in [7, 11) is -4.50. The van der Waals surface area contributed by atoms with Crippen molar-refractivity contribution in [3.63, 3.8) is 0 Å². The van der Waals surface area contributed by atoms with Crippen molar-refractivity contribution in [2.24, 2.45) is 45.4 Å². The molecule has 8 atom stereocenters. The van der Waals surface area contributed by atoms with Gasteiger partial charge in [-0.15, -0.1) is 0 Å². The van der Waals surface area contributed by atoms with E-state index in [0.29, 0.717) is 95.5 Å². The standard InChI is InChI=1S/C47H82N4O11S/c1-32(36-19-20-37-35-18-17-33-31-34(62-63(56,57)58)21-23-46(33,11)38(35)22-24-47(36,37)12)39(52)48-25-15-29-50(41(54)60-44(5,6)7)27-13-14-28-51(42(55)61-45(8,9)10)30-16-26-49-40(53)59-43(2,3)4/h17,32,34-38H,13-16,18-31H2,1-12H3,(H,48,52)(H,49,53)(H,56,57,58)/p-1/t32?,34-,35-,36+,37-,38-,46-,47+/m0/s1. The van der Waals surface area contributed by atoms with E-state index in [-0.39, 0.29) is 28.6 Å². The Morgan fingerprint density at radius 2 is 1.38 bits per heavy atom. The second kappa shape index (κ2) is 21.0. The number of carbonyl (C=O) groups excluding carboxylic acids is 3. The van der Waals surface area contributed by atoms with Crippen molar-refractivity contribution in [2.75, 3.05) is 39.3 Å². The van der Waals surface area contributed by atoms with E-state index in [1.165, 1.54) is 5.57 Å². The first-order valence-electron chi connectivity index (χ1n) is 23.5. The topological polar surface area (TPSA) is 196 Å². The lowest BCUT2D eigenvalue weighted by Crippen LogP contribution is -2.51. The molecule has 0 heterocycles. The number of carbonyl (C=O) groups is 3. The fourth-order valence-corrected chi connectivity index (χ4v) is 11.6. The van der Waals surface area contributed by atoms with E-state index >= 15 is 0 Å². The molecule has 0 aromatic carbocycles. The fourth-order valence-electron chi connectivity index (χ4n) is 11.1. The predicted molar refractivity (Wildman–Crippen MR) is 241 cm³/mol. The molecule has 362 valence electrons. The Kier molecular flexibility index (Phi) is 17.5. The number of amides is 3. The van der Waals surface area contributed by atoms with Gasteiger partial charge in [0.05, 0.1) is 6.10 Å². The molecule has 0 spiro atoms. The van der Waals surface area contributed by atoms with Crippen molar-refractivity contribution in [2.45, 2.75) is 183 Å². The van der Waals surface area contributed by atoms with Crippen LogP contribution in [0.25, 0.3) is 0 Å². The van der Waals surface area contributed by atoms with Gasteiger partial charge in [0.25, 0.3) is 0 Å². The smallest absolute Gasteiger partial charge is 0.410 e. The highest BCUT2D eigenvalue weighted by atomic mass is 32.3. The van der Waals surface area contributed by atoms with Crippen LogP contribution in [0.1, 0.15) is 160 Å². The van der Waals surface area contributed by atoms with E-state index in [1.807, 2.05) is 48.5 Å². The number of nitrogens with zero attached hydrogens (tertiary/aromatic N) is 3. The minimum Gasteiger partial charge on any atom is -0.862 e. The number of alkyl carbamates (subject to hydrolysis) is 1. The fraction of sp³-hybridized carbons (Fsp3) is 0.872. The lowest BCUT2D eigenvalue weighted by Gasteiger charge is -2.58. The molecule has 15 nitrogen and oxygen atoms in total. The summed E-state index contributed by atoms with van der Waals surface area (Å²) in [5, 5.41) is 16.5. The summed E-state index contributed by atoms with van der Waals surface area (Å²) < 4.78 is 53.9. The molecular formula is C47H81N4O11S-. The highest BCUT2D eigenvalue weighted by Crippen LogP contribution is 2.67. The SMILES string of the molecule is CC(C([O-])=NCCCN(CCCCN(CCCNC(=O)OC(C)(C)C)C(=O)OC(C)(C)C)C(=O)OC(C)(C)C)[C@H]1CC[C@H]2[C@@H]3CC=C4C[C@@H](OS(=O)(=O)O)CC[C@]4(C)[C@H]3CC[C@]12C. The third kappa shape index (κ3) is 15.2. The van der Waals surface area contributed by atoms with Gasteiger partial charge in [-0.3, -0.25) is 4.55 Å². The van der Waals surface area contributed by atoms with Gasteiger partial charge in [-0.2, -0.15) is 8.42 Å². The van der Waals surface area contributed by atoms with E-state index in [2.05, 4.69) is 30.2 Å². The summed E-state index contributed by atoms with van der Waals surface area (Å²) in [5.74, 6) is 1.44. The van der Waals surface area contributed by atoms with Gasteiger partial charge in [0.2, 0.25) is 0 Å². The van der Waals surface area contributed by atoms with Crippen molar-refractivity contribution in [1.82, 2.24) is 15.1 Å². The quantitative estimate of drug-likeness (QED) is 0.0354. The molecule has 0 radical (unpaired) electrons. The molecule has 2 N–H and O–H groups in total. The molecule has 0 saturated heterocycles. The second-order valence-electron chi connectivity index (χ2n) is 22.2. The van der Waals surface area contributed by atoms with Gasteiger partial charge in [0.1, 0.15) is 16.8 Å². The average Bonchev–Trinajstić information content (AvgIpc) is 3.48. The number of ether oxygens (including phenoxy) is 3. The second-order valence-corrected chi connectivity index (χ2v) is 23.2. The van der Waals surface area contributed by atoms with Crippen molar-refractivity contribution in [1.29, 1.82) is 0 Å². The van der Waals surface area contributed by atoms with E-state index in [4.69, 9.17) is 18.4 Å². The van der Waals surface area contributed by atoms with Crippen LogP contribution in [0.5, 0.6) is 0 Å². The molecule has 1 unspecified atom stereocenters. The summed E-state index contributed by atoms with van der Waals surface area (Å²) in [5.41, 5.74) is -0.697. The maximum Gasteiger partial charge on any atom is 0.410 e. The van der Waals surface area contributed by atoms with Gasteiger partial charge in [-0.05, 0) is 186 Å². The number of hydrogen-bond acceptors (Lipinski definition) is 11. The minimum absolute atomic E-state index is 0.0186. The van der Waals surface area contributed by atoms with Crippen LogP contribution >= 0.6 is 0 Å². The molecule has 3 saturated carbocycles.